The number of halogens is 1. The van der Waals surface area contributed by atoms with E-state index in [2.05, 4.69) is 43.4 Å². The van der Waals surface area contributed by atoms with Gasteiger partial charge in [0.1, 0.15) is 6.61 Å². The Morgan fingerprint density at radius 1 is 1.22 bits per heavy atom. The third-order valence-corrected chi connectivity index (χ3v) is 4.61. The van der Waals surface area contributed by atoms with E-state index in [-0.39, 0.29) is 0 Å². The van der Waals surface area contributed by atoms with E-state index in [0.29, 0.717) is 37.1 Å². The Kier molecular flexibility index (Phi) is 6.43. The Hall–Kier alpha value is -2.87. The van der Waals surface area contributed by atoms with Crippen molar-refractivity contribution in [1.29, 1.82) is 0 Å². The van der Waals surface area contributed by atoms with Gasteiger partial charge in [0.2, 0.25) is 5.95 Å². The second-order valence-corrected chi connectivity index (χ2v) is 6.51. The summed E-state index contributed by atoms with van der Waals surface area (Å²) in [6.45, 7) is 5.13. The fourth-order valence-corrected chi connectivity index (χ4v) is 2.99. The molecule has 3 rings (SSSR count). The summed E-state index contributed by atoms with van der Waals surface area (Å²) in [5.74, 6) is 1.89. The Morgan fingerprint density at radius 2 is 2.04 bits per heavy atom. The van der Waals surface area contributed by atoms with Crippen molar-refractivity contribution in [2.24, 2.45) is 0 Å². The molecule has 0 aliphatic rings. The molecule has 3 aromatic rings. The maximum Gasteiger partial charge on any atom is 0.243 e. The SMILES string of the molecule is C=CCn1nnnc1NCc1c(Br)ccc(OC)c1OCc1ccccc1. The van der Waals surface area contributed by atoms with Crippen LogP contribution in [-0.2, 0) is 19.7 Å². The van der Waals surface area contributed by atoms with E-state index in [9.17, 15) is 0 Å². The van der Waals surface area contributed by atoms with Crippen LogP contribution in [0.4, 0.5) is 5.95 Å². The summed E-state index contributed by atoms with van der Waals surface area (Å²) in [4.78, 5) is 0. The topological polar surface area (TPSA) is 74.1 Å². The summed E-state index contributed by atoms with van der Waals surface area (Å²) in [6.07, 6.45) is 1.73. The number of anilines is 1. The van der Waals surface area contributed by atoms with E-state index in [0.717, 1.165) is 15.6 Å². The largest absolute Gasteiger partial charge is 0.493 e. The fourth-order valence-electron chi connectivity index (χ4n) is 2.54. The molecule has 8 heteroatoms. The first-order chi connectivity index (χ1) is 13.2. The molecule has 1 heterocycles. The zero-order valence-corrected chi connectivity index (χ0v) is 16.5. The van der Waals surface area contributed by atoms with Crippen LogP contribution in [0.1, 0.15) is 11.1 Å². The molecular formula is C19H20BrN5O2. The van der Waals surface area contributed by atoms with Gasteiger partial charge in [0.15, 0.2) is 11.5 Å². The highest BCUT2D eigenvalue weighted by molar-refractivity contribution is 9.10. The van der Waals surface area contributed by atoms with Gasteiger partial charge in [0.05, 0.1) is 13.7 Å². The summed E-state index contributed by atoms with van der Waals surface area (Å²) >= 11 is 3.60. The number of allylic oxidation sites excluding steroid dienone is 1. The lowest BCUT2D eigenvalue weighted by Gasteiger charge is -2.17. The highest BCUT2D eigenvalue weighted by Crippen LogP contribution is 2.37. The van der Waals surface area contributed by atoms with Crippen LogP contribution >= 0.6 is 15.9 Å². The minimum atomic E-state index is 0.439. The van der Waals surface area contributed by atoms with Gasteiger partial charge in [-0.2, -0.15) is 0 Å². The lowest BCUT2D eigenvalue weighted by molar-refractivity contribution is 0.281. The smallest absolute Gasteiger partial charge is 0.243 e. The van der Waals surface area contributed by atoms with Crippen molar-refractivity contribution < 1.29 is 9.47 Å². The Bertz CT molecular complexity index is 898. The molecule has 7 nitrogen and oxygen atoms in total. The molecule has 0 saturated carbocycles. The van der Waals surface area contributed by atoms with Crippen LogP contribution in [0.15, 0.2) is 59.6 Å². The number of methoxy groups -OCH3 is 1. The summed E-state index contributed by atoms with van der Waals surface area (Å²) in [5.41, 5.74) is 1.99. The van der Waals surface area contributed by atoms with E-state index < -0.39 is 0 Å². The molecule has 0 bridgehead atoms. The van der Waals surface area contributed by atoms with E-state index in [1.54, 1.807) is 17.9 Å². The van der Waals surface area contributed by atoms with Crippen molar-refractivity contribution in [3.05, 3.63) is 70.7 Å². The lowest BCUT2D eigenvalue weighted by atomic mass is 10.1. The average Bonchev–Trinajstić information content (AvgIpc) is 3.14. The highest BCUT2D eigenvalue weighted by Gasteiger charge is 2.16. The quantitative estimate of drug-likeness (QED) is 0.521. The molecular weight excluding hydrogens is 410 g/mol. The molecule has 0 radical (unpaired) electrons. The molecule has 0 saturated heterocycles. The zero-order valence-electron chi connectivity index (χ0n) is 14.9. The minimum absolute atomic E-state index is 0.439. The zero-order chi connectivity index (χ0) is 19.1. The molecule has 1 aromatic heterocycles. The van der Waals surface area contributed by atoms with Crippen LogP contribution in [0.3, 0.4) is 0 Å². The number of tetrazole rings is 1. The first-order valence-electron chi connectivity index (χ1n) is 8.36. The maximum absolute atomic E-state index is 6.10. The monoisotopic (exact) mass is 429 g/mol. The summed E-state index contributed by atoms with van der Waals surface area (Å²) < 4.78 is 14.1. The number of rotatable bonds is 9. The number of nitrogens with zero attached hydrogens (tertiary/aromatic N) is 4. The molecule has 2 aromatic carbocycles. The van der Waals surface area contributed by atoms with Gasteiger partial charge in [-0.05, 0) is 28.1 Å². The van der Waals surface area contributed by atoms with Gasteiger partial charge in [-0.25, -0.2) is 4.68 Å². The van der Waals surface area contributed by atoms with E-state index in [1.165, 1.54) is 0 Å². The van der Waals surface area contributed by atoms with Gasteiger partial charge in [-0.1, -0.05) is 57.4 Å². The van der Waals surface area contributed by atoms with Crippen molar-refractivity contribution in [3.8, 4) is 11.5 Å². The predicted octanol–water partition coefficient (Wildman–Crippen LogP) is 3.82. The Morgan fingerprint density at radius 3 is 2.78 bits per heavy atom. The maximum atomic E-state index is 6.10. The number of ether oxygens (including phenoxy) is 2. The Labute approximate surface area is 166 Å². The van der Waals surface area contributed by atoms with Gasteiger partial charge >= 0.3 is 0 Å². The lowest BCUT2D eigenvalue weighted by Crippen LogP contribution is -2.10. The number of aromatic nitrogens is 4. The number of benzene rings is 2. The standard InChI is InChI=1S/C19H20BrN5O2/c1-3-11-25-19(22-23-24-25)21-12-15-16(20)9-10-17(26-2)18(15)27-13-14-7-5-4-6-8-14/h3-10H,1,11-13H2,2H3,(H,21,22,24). The van der Waals surface area contributed by atoms with Crippen molar-refractivity contribution >= 4 is 21.9 Å². The van der Waals surface area contributed by atoms with Gasteiger partial charge in [0.25, 0.3) is 0 Å². The molecule has 0 aliphatic carbocycles. The summed E-state index contributed by atoms with van der Waals surface area (Å²) in [6, 6.07) is 13.8. The van der Waals surface area contributed by atoms with E-state index >= 15 is 0 Å². The fraction of sp³-hybridized carbons (Fsp3) is 0.211. The van der Waals surface area contributed by atoms with E-state index in [1.807, 2.05) is 42.5 Å². The van der Waals surface area contributed by atoms with Crippen molar-refractivity contribution in [2.45, 2.75) is 19.7 Å². The van der Waals surface area contributed by atoms with Gasteiger partial charge in [0, 0.05) is 16.6 Å². The highest BCUT2D eigenvalue weighted by atomic mass is 79.9. The molecule has 0 unspecified atom stereocenters. The van der Waals surface area contributed by atoms with Gasteiger partial charge < -0.3 is 14.8 Å². The van der Waals surface area contributed by atoms with Gasteiger partial charge in [-0.15, -0.1) is 6.58 Å². The van der Waals surface area contributed by atoms with Crippen LogP contribution < -0.4 is 14.8 Å². The second kappa shape index (κ2) is 9.18. The molecule has 0 atom stereocenters. The molecule has 1 N–H and O–H groups in total. The van der Waals surface area contributed by atoms with Gasteiger partial charge in [-0.3, -0.25) is 0 Å². The van der Waals surface area contributed by atoms with Crippen LogP contribution in [0.2, 0.25) is 0 Å². The summed E-state index contributed by atoms with van der Waals surface area (Å²) in [5, 5.41) is 14.9. The average molecular weight is 430 g/mol. The van der Waals surface area contributed by atoms with Crippen molar-refractivity contribution in [2.75, 3.05) is 12.4 Å². The molecule has 27 heavy (non-hydrogen) atoms. The number of hydrogen-bond donors (Lipinski definition) is 1. The van der Waals surface area contributed by atoms with Crippen LogP contribution in [0.5, 0.6) is 11.5 Å². The third kappa shape index (κ3) is 4.65. The van der Waals surface area contributed by atoms with Crippen molar-refractivity contribution in [3.63, 3.8) is 0 Å². The first-order valence-corrected chi connectivity index (χ1v) is 9.15. The van der Waals surface area contributed by atoms with Crippen LogP contribution in [-0.4, -0.2) is 27.3 Å². The van der Waals surface area contributed by atoms with Crippen molar-refractivity contribution in [1.82, 2.24) is 20.2 Å². The second-order valence-electron chi connectivity index (χ2n) is 5.66. The molecule has 0 fully saturated rings. The van der Waals surface area contributed by atoms with Crippen LogP contribution in [0.25, 0.3) is 0 Å². The first kappa shape index (κ1) is 18.9. The number of nitrogens with one attached hydrogen (secondary N) is 1. The normalized spacial score (nSPS) is 10.4. The van der Waals surface area contributed by atoms with Crippen LogP contribution in [0, 0.1) is 0 Å². The number of hydrogen-bond acceptors (Lipinski definition) is 6. The third-order valence-electron chi connectivity index (χ3n) is 3.87. The molecule has 140 valence electrons. The molecule has 0 amide bonds. The van der Waals surface area contributed by atoms with E-state index in [4.69, 9.17) is 9.47 Å². The Balaban J connectivity index is 1.82. The molecule has 0 aliphatic heterocycles. The molecule has 0 spiro atoms. The summed E-state index contributed by atoms with van der Waals surface area (Å²) in [7, 11) is 1.63. The predicted molar refractivity (Wildman–Crippen MR) is 107 cm³/mol. The minimum Gasteiger partial charge on any atom is -0.493 e.